The van der Waals surface area contributed by atoms with Crippen molar-refractivity contribution in [1.82, 2.24) is 10.2 Å². The van der Waals surface area contributed by atoms with Crippen molar-refractivity contribution >= 4 is 5.91 Å². The summed E-state index contributed by atoms with van der Waals surface area (Å²) in [5, 5.41) is 3.22. The predicted octanol–water partition coefficient (Wildman–Crippen LogP) is 1.55. The number of piperidine rings is 1. The van der Waals surface area contributed by atoms with Crippen LogP contribution in [0.25, 0.3) is 0 Å². The molecule has 86 valence electrons. The first-order chi connectivity index (χ1) is 7.25. The second-order valence-electron chi connectivity index (χ2n) is 4.14. The molecule has 0 aromatic carbocycles. The summed E-state index contributed by atoms with van der Waals surface area (Å²) < 4.78 is 0. The van der Waals surface area contributed by atoms with Crippen molar-refractivity contribution < 1.29 is 4.79 Å². The molecule has 15 heavy (non-hydrogen) atoms. The number of carbonyl (C=O) groups is 1. The number of rotatable bonds is 5. The van der Waals surface area contributed by atoms with Crippen molar-refractivity contribution in [3.05, 3.63) is 12.7 Å². The first kappa shape index (κ1) is 12.2. The van der Waals surface area contributed by atoms with Crippen LogP contribution in [-0.4, -0.2) is 36.5 Å². The average Bonchev–Trinajstić information content (AvgIpc) is 2.29. The van der Waals surface area contributed by atoms with Gasteiger partial charge in [0, 0.05) is 13.1 Å². The van der Waals surface area contributed by atoms with Gasteiger partial charge in [-0.1, -0.05) is 6.08 Å². The van der Waals surface area contributed by atoms with E-state index in [0.29, 0.717) is 0 Å². The molecule has 3 heteroatoms. The molecule has 0 aromatic heterocycles. The highest BCUT2D eigenvalue weighted by Gasteiger charge is 2.21. The van der Waals surface area contributed by atoms with Crippen LogP contribution in [0.4, 0.5) is 0 Å². The van der Waals surface area contributed by atoms with Crippen LogP contribution in [0.15, 0.2) is 12.7 Å². The Kier molecular flexibility index (Phi) is 5.40. The first-order valence-electron chi connectivity index (χ1n) is 5.88. The molecule has 0 saturated carbocycles. The van der Waals surface area contributed by atoms with Gasteiger partial charge >= 0.3 is 0 Å². The third-order valence-electron chi connectivity index (χ3n) is 2.84. The SMILES string of the molecule is C=CCCNC(C)C(=O)N1CCCCC1. The van der Waals surface area contributed by atoms with Gasteiger partial charge in [0.15, 0.2) is 0 Å². The van der Waals surface area contributed by atoms with Gasteiger partial charge in [-0.2, -0.15) is 0 Å². The van der Waals surface area contributed by atoms with Gasteiger partial charge in [0.25, 0.3) is 0 Å². The molecule has 0 spiro atoms. The Balaban J connectivity index is 2.27. The molecular weight excluding hydrogens is 188 g/mol. The highest BCUT2D eigenvalue weighted by Crippen LogP contribution is 2.09. The van der Waals surface area contributed by atoms with E-state index in [0.717, 1.165) is 38.9 Å². The Morgan fingerprint density at radius 1 is 1.47 bits per heavy atom. The van der Waals surface area contributed by atoms with Crippen LogP contribution in [0, 0.1) is 0 Å². The maximum Gasteiger partial charge on any atom is 0.239 e. The minimum Gasteiger partial charge on any atom is -0.341 e. The largest absolute Gasteiger partial charge is 0.341 e. The van der Waals surface area contributed by atoms with Crippen molar-refractivity contribution in [1.29, 1.82) is 0 Å². The van der Waals surface area contributed by atoms with E-state index in [1.807, 2.05) is 17.9 Å². The van der Waals surface area contributed by atoms with Gasteiger partial charge in [-0.3, -0.25) is 4.79 Å². The van der Waals surface area contributed by atoms with Crippen LogP contribution in [0.5, 0.6) is 0 Å². The predicted molar refractivity (Wildman–Crippen MR) is 62.7 cm³/mol. The maximum absolute atomic E-state index is 11.9. The van der Waals surface area contributed by atoms with Gasteiger partial charge in [0.05, 0.1) is 6.04 Å². The van der Waals surface area contributed by atoms with Crippen molar-refractivity contribution in [2.24, 2.45) is 0 Å². The molecule has 1 aliphatic rings. The van der Waals surface area contributed by atoms with E-state index in [4.69, 9.17) is 0 Å². The number of hydrogen-bond acceptors (Lipinski definition) is 2. The Labute approximate surface area is 92.5 Å². The second kappa shape index (κ2) is 6.62. The number of carbonyl (C=O) groups excluding carboxylic acids is 1. The number of nitrogens with one attached hydrogen (secondary N) is 1. The van der Waals surface area contributed by atoms with Gasteiger partial charge in [0.1, 0.15) is 0 Å². The molecule has 1 fully saturated rings. The Hall–Kier alpha value is -0.830. The van der Waals surface area contributed by atoms with Gasteiger partial charge in [0.2, 0.25) is 5.91 Å². The Bertz CT molecular complexity index is 210. The summed E-state index contributed by atoms with van der Waals surface area (Å²) in [5.74, 6) is 0.249. The monoisotopic (exact) mass is 210 g/mol. The number of nitrogens with zero attached hydrogens (tertiary/aromatic N) is 1. The van der Waals surface area contributed by atoms with E-state index in [-0.39, 0.29) is 11.9 Å². The lowest BCUT2D eigenvalue weighted by atomic mass is 10.1. The first-order valence-corrected chi connectivity index (χ1v) is 5.88. The summed E-state index contributed by atoms with van der Waals surface area (Å²) in [7, 11) is 0. The summed E-state index contributed by atoms with van der Waals surface area (Å²) in [6, 6.07) is -0.0527. The topological polar surface area (TPSA) is 32.3 Å². The lowest BCUT2D eigenvalue weighted by Crippen LogP contribution is -2.46. The summed E-state index contributed by atoms with van der Waals surface area (Å²) in [5.41, 5.74) is 0. The van der Waals surface area contributed by atoms with Crippen LogP contribution in [0.1, 0.15) is 32.6 Å². The maximum atomic E-state index is 11.9. The average molecular weight is 210 g/mol. The van der Waals surface area contributed by atoms with Crippen LogP contribution in [0.3, 0.4) is 0 Å². The molecule has 3 nitrogen and oxygen atoms in total. The standard InChI is InChI=1S/C12H22N2O/c1-3-4-8-13-11(2)12(15)14-9-6-5-7-10-14/h3,11,13H,1,4-10H2,2H3. The fourth-order valence-electron chi connectivity index (χ4n) is 1.88. The quantitative estimate of drug-likeness (QED) is 0.551. The number of amides is 1. The minimum atomic E-state index is -0.0527. The van der Waals surface area contributed by atoms with Crippen LogP contribution in [-0.2, 0) is 4.79 Å². The third-order valence-corrected chi connectivity index (χ3v) is 2.84. The van der Waals surface area contributed by atoms with Crippen molar-refractivity contribution in [2.45, 2.75) is 38.6 Å². The van der Waals surface area contributed by atoms with Gasteiger partial charge in [-0.25, -0.2) is 0 Å². The molecule has 1 atom stereocenters. The molecule has 0 aliphatic carbocycles. The van der Waals surface area contributed by atoms with E-state index in [1.165, 1.54) is 6.42 Å². The zero-order chi connectivity index (χ0) is 11.1. The molecule has 1 saturated heterocycles. The van der Waals surface area contributed by atoms with Crippen LogP contribution >= 0.6 is 0 Å². The van der Waals surface area contributed by atoms with E-state index in [9.17, 15) is 4.79 Å². The smallest absolute Gasteiger partial charge is 0.239 e. The normalized spacial score (nSPS) is 18.6. The third kappa shape index (κ3) is 4.04. The van der Waals surface area contributed by atoms with Crippen molar-refractivity contribution in [2.75, 3.05) is 19.6 Å². The summed E-state index contributed by atoms with van der Waals surface area (Å²) in [6.07, 6.45) is 6.36. The summed E-state index contributed by atoms with van der Waals surface area (Å²) >= 11 is 0. The van der Waals surface area contributed by atoms with Crippen LogP contribution in [0.2, 0.25) is 0 Å². The number of hydrogen-bond donors (Lipinski definition) is 1. The number of likely N-dealkylation sites (tertiary alicyclic amines) is 1. The highest BCUT2D eigenvalue weighted by molar-refractivity contribution is 5.81. The fraction of sp³-hybridized carbons (Fsp3) is 0.750. The van der Waals surface area contributed by atoms with E-state index in [2.05, 4.69) is 11.9 Å². The molecule has 1 rings (SSSR count). The second-order valence-corrected chi connectivity index (χ2v) is 4.14. The molecule has 1 N–H and O–H groups in total. The molecule has 1 aliphatic heterocycles. The molecule has 0 bridgehead atoms. The van der Waals surface area contributed by atoms with Crippen LogP contribution < -0.4 is 5.32 Å². The molecule has 0 radical (unpaired) electrons. The lowest BCUT2D eigenvalue weighted by molar-refractivity contribution is -0.133. The fourth-order valence-corrected chi connectivity index (χ4v) is 1.88. The van der Waals surface area contributed by atoms with E-state index < -0.39 is 0 Å². The molecular formula is C12H22N2O. The minimum absolute atomic E-state index is 0.0527. The lowest BCUT2D eigenvalue weighted by Gasteiger charge is -2.29. The van der Waals surface area contributed by atoms with Crippen molar-refractivity contribution in [3.63, 3.8) is 0 Å². The summed E-state index contributed by atoms with van der Waals surface area (Å²) in [6.45, 7) is 8.31. The Morgan fingerprint density at radius 3 is 2.73 bits per heavy atom. The zero-order valence-electron chi connectivity index (χ0n) is 9.67. The highest BCUT2D eigenvalue weighted by atomic mass is 16.2. The molecule has 1 heterocycles. The molecule has 1 amide bonds. The molecule has 1 unspecified atom stereocenters. The van der Waals surface area contributed by atoms with Gasteiger partial charge in [-0.05, 0) is 39.2 Å². The van der Waals surface area contributed by atoms with Gasteiger partial charge < -0.3 is 10.2 Å². The Morgan fingerprint density at radius 2 is 2.13 bits per heavy atom. The van der Waals surface area contributed by atoms with Gasteiger partial charge in [-0.15, -0.1) is 6.58 Å². The summed E-state index contributed by atoms with van der Waals surface area (Å²) in [4.78, 5) is 13.9. The van der Waals surface area contributed by atoms with E-state index >= 15 is 0 Å². The molecule has 0 aromatic rings. The van der Waals surface area contributed by atoms with Crippen molar-refractivity contribution in [3.8, 4) is 0 Å². The zero-order valence-corrected chi connectivity index (χ0v) is 9.67. The van der Waals surface area contributed by atoms with E-state index in [1.54, 1.807) is 0 Å².